The summed E-state index contributed by atoms with van der Waals surface area (Å²) in [6.45, 7) is 3.62. The lowest BCUT2D eigenvalue weighted by atomic mass is 10.0. The predicted octanol–water partition coefficient (Wildman–Crippen LogP) is 3.29. The topological polar surface area (TPSA) is 18.5 Å². The highest BCUT2D eigenvalue weighted by molar-refractivity contribution is 9.09. The van der Waals surface area contributed by atoms with Crippen LogP contribution in [0.1, 0.15) is 12.5 Å². The SMILES string of the molecule is CCOCC(CBr)Cc1ccc(OC)cc1. The summed E-state index contributed by atoms with van der Waals surface area (Å²) in [7, 11) is 1.69. The van der Waals surface area contributed by atoms with E-state index >= 15 is 0 Å². The summed E-state index contributed by atoms with van der Waals surface area (Å²) in [6, 6.07) is 8.23. The molecule has 0 spiro atoms. The molecule has 0 bridgehead atoms. The Bertz CT molecular complexity index is 284. The summed E-state index contributed by atoms with van der Waals surface area (Å²) in [6.07, 6.45) is 1.04. The van der Waals surface area contributed by atoms with Crippen LogP contribution >= 0.6 is 15.9 Å². The van der Waals surface area contributed by atoms with E-state index in [4.69, 9.17) is 9.47 Å². The first-order chi connectivity index (χ1) is 7.80. The Morgan fingerprint density at radius 1 is 1.25 bits per heavy atom. The zero-order valence-corrected chi connectivity index (χ0v) is 11.5. The van der Waals surface area contributed by atoms with Gasteiger partial charge in [-0.25, -0.2) is 0 Å². The predicted molar refractivity (Wildman–Crippen MR) is 70.5 cm³/mol. The van der Waals surface area contributed by atoms with E-state index < -0.39 is 0 Å². The molecule has 90 valence electrons. The Hall–Kier alpha value is -0.540. The van der Waals surface area contributed by atoms with Gasteiger partial charge in [-0.2, -0.15) is 0 Å². The van der Waals surface area contributed by atoms with Gasteiger partial charge in [-0.1, -0.05) is 28.1 Å². The third kappa shape index (κ3) is 4.54. The van der Waals surface area contributed by atoms with E-state index in [-0.39, 0.29) is 0 Å². The molecule has 0 aromatic heterocycles. The monoisotopic (exact) mass is 286 g/mol. The average molecular weight is 287 g/mol. The maximum atomic E-state index is 5.45. The second-order valence-electron chi connectivity index (χ2n) is 3.73. The van der Waals surface area contributed by atoms with Crippen LogP contribution in [0.2, 0.25) is 0 Å². The Morgan fingerprint density at radius 3 is 2.44 bits per heavy atom. The van der Waals surface area contributed by atoms with Gasteiger partial charge in [-0.15, -0.1) is 0 Å². The van der Waals surface area contributed by atoms with Gasteiger partial charge in [0.1, 0.15) is 5.75 Å². The lowest BCUT2D eigenvalue weighted by Crippen LogP contribution is -2.14. The van der Waals surface area contributed by atoms with Crippen molar-refractivity contribution in [3.8, 4) is 5.75 Å². The Kier molecular flexibility index (Phi) is 6.50. The van der Waals surface area contributed by atoms with Gasteiger partial charge in [0, 0.05) is 11.9 Å². The molecule has 1 rings (SSSR count). The second-order valence-corrected chi connectivity index (χ2v) is 4.38. The molecule has 0 fully saturated rings. The fourth-order valence-corrected chi connectivity index (χ4v) is 1.95. The van der Waals surface area contributed by atoms with Crippen LogP contribution in [0, 0.1) is 5.92 Å². The molecule has 1 atom stereocenters. The van der Waals surface area contributed by atoms with Crippen molar-refractivity contribution in [1.82, 2.24) is 0 Å². The van der Waals surface area contributed by atoms with Gasteiger partial charge >= 0.3 is 0 Å². The number of hydrogen-bond donors (Lipinski definition) is 0. The molecular weight excluding hydrogens is 268 g/mol. The molecule has 2 nitrogen and oxygen atoms in total. The van der Waals surface area contributed by atoms with Gasteiger partial charge in [0.05, 0.1) is 13.7 Å². The van der Waals surface area contributed by atoms with Crippen molar-refractivity contribution in [3.63, 3.8) is 0 Å². The highest BCUT2D eigenvalue weighted by Gasteiger charge is 2.08. The average Bonchev–Trinajstić information content (AvgIpc) is 2.35. The third-order valence-corrected chi connectivity index (χ3v) is 3.38. The summed E-state index contributed by atoms with van der Waals surface area (Å²) < 4.78 is 10.6. The highest BCUT2D eigenvalue weighted by Crippen LogP contribution is 2.16. The van der Waals surface area contributed by atoms with Gasteiger partial charge in [0.2, 0.25) is 0 Å². The molecule has 3 heteroatoms. The summed E-state index contributed by atoms with van der Waals surface area (Å²) in [5.41, 5.74) is 1.32. The largest absolute Gasteiger partial charge is 0.497 e. The first kappa shape index (κ1) is 13.5. The number of rotatable bonds is 7. The molecule has 1 unspecified atom stereocenters. The molecule has 0 amide bonds. The summed E-state index contributed by atoms with van der Waals surface area (Å²) in [4.78, 5) is 0. The van der Waals surface area contributed by atoms with Gasteiger partial charge in [0.25, 0.3) is 0 Å². The van der Waals surface area contributed by atoms with E-state index in [0.29, 0.717) is 5.92 Å². The lowest BCUT2D eigenvalue weighted by Gasteiger charge is -2.14. The minimum Gasteiger partial charge on any atom is -0.497 e. The van der Waals surface area contributed by atoms with Crippen LogP contribution in [-0.2, 0) is 11.2 Å². The van der Waals surface area contributed by atoms with Crippen molar-refractivity contribution in [3.05, 3.63) is 29.8 Å². The zero-order chi connectivity index (χ0) is 11.8. The maximum Gasteiger partial charge on any atom is 0.118 e. The van der Waals surface area contributed by atoms with E-state index in [0.717, 1.165) is 30.7 Å². The van der Waals surface area contributed by atoms with E-state index in [1.807, 2.05) is 19.1 Å². The number of halogens is 1. The highest BCUT2D eigenvalue weighted by atomic mass is 79.9. The van der Waals surface area contributed by atoms with Gasteiger partial charge in [0.15, 0.2) is 0 Å². The maximum absolute atomic E-state index is 5.45. The standard InChI is InChI=1S/C13H19BrO2/c1-3-16-10-12(9-14)8-11-4-6-13(15-2)7-5-11/h4-7,12H,3,8-10H2,1-2H3. The molecule has 16 heavy (non-hydrogen) atoms. The molecular formula is C13H19BrO2. The van der Waals surface area contributed by atoms with Crippen molar-refractivity contribution in [2.75, 3.05) is 25.7 Å². The zero-order valence-electron chi connectivity index (χ0n) is 9.91. The van der Waals surface area contributed by atoms with Crippen LogP contribution in [0.4, 0.5) is 0 Å². The first-order valence-corrected chi connectivity index (χ1v) is 6.69. The van der Waals surface area contributed by atoms with Crippen LogP contribution in [0.25, 0.3) is 0 Å². The number of benzene rings is 1. The Balaban J connectivity index is 2.49. The smallest absolute Gasteiger partial charge is 0.118 e. The number of alkyl halides is 1. The third-order valence-electron chi connectivity index (χ3n) is 2.46. The molecule has 1 aromatic carbocycles. The lowest BCUT2D eigenvalue weighted by molar-refractivity contribution is 0.118. The molecule has 0 aliphatic heterocycles. The fourth-order valence-electron chi connectivity index (χ4n) is 1.54. The molecule has 0 saturated heterocycles. The van der Waals surface area contributed by atoms with Crippen LogP contribution in [0.5, 0.6) is 5.75 Å². The molecule has 0 heterocycles. The Labute approximate surface area is 106 Å². The molecule has 1 aromatic rings. The summed E-state index contributed by atoms with van der Waals surface area (Å²) in [5.74, 6) is 1.44. The van der Waals surface area contributed by atoms with Gasteiger partial charge in [-0.05, 0) is 37.0 Å². The van der Waals surface area contributed by atoms with Crippen molar-refractivity contribution < 1.29 is 9.47 Å². The molecule has 0 aliphatic rings. The van der Waals surface area contributed by atoms with Crippen molar-refractivity contribution >= 4 is 15.9 Å². The Morgan fingerprint density at radius 2 is 1.94 bits per heavy atom. The number of ether oxygens (including phenoxy) is 2. The fraction of sp³-hybridized carbons (Fsp3) is 0.538. The molecule has 0 saturated carbocycles. The quantitative estimate of drug-likeness (QED) is 0.716. The molecule has 0 aliphatic carbocycles. The number of hydrogen-bond acceptors (Lipinski definition) is 2. The van der Waals surface area contributed by atoms with Crippen molar-refractivity contribution in [2.45, 2.75) is 13.3 Å². The van der Waals surface area contributed by atoms with Gasteiger partial charge < -0.3 is 9.47 Å². The minimum absolute atomic E-state index is 0.536. The minimum atomic E-state index is 0.536. The van der Waals surface area contributed by atoms with Crippen molar-refractivity contribution in [1.29, 1.82) is 0 Å². The number of methoxy groups -OCH3 is 1. The van der Waals surface area contributed by atoms with E-state index in [1.54, 1.807) is 7.11 Å². The van der Waals surface area contributed by atoms with Crippen LogP contribution in [-0.4, -0.2) is 25.7 Å². The van der Waals surface area contributed by atoms with Crippen LogP contribution in [0.15, 0.2) is 24.3 Å². The van der Waals surface area contributed by atoms with E-state index in [2.05, 4.69) is 28.1 Å². The normalized spacial score (nSPS) is 12.4. The second kappa shape index (κ2) is 7.69. The van der Waals surface area contributed by atoms with Gasteiger partial charge in [-0.3, -0.25) is 0 Å². The first-order valence-electron chi connectivity index (χ1n) is 5.56. The van der Waals surface area contributed by atoms with Crippen LogP contribution in [0.3, 0.4) is 0 Å². The molecule has 0 N–H and O–H groups in total. The van der Waals surface area contributed by atoms with Crippen molar-refractivity contribution in [2.24, 2.45) is 5.92 Å². The van der Waals surface area contributed by atoms with Crippen LogP contribution < -0.4 is 4.74 Å². The molecule has 0 radical (unpaired) electrons. The summed E-state index contributed by atoms with van der Waals surface area (Å²) in [5, 5.41) is 0.971. The summed E-state index contributed by atoms with van der Waals surface area (Å²) >= 11 is 3.53. The van der Waals surface area contributed by atoms with E-state index in [9.17, 15) is 0 Å². The van der Waals surface area contributed by atoms with E-state index in [1.165, 1.54) is 5.56 Å².